The van der Waals surface area contributed by atoms with Gasteiger partial charge in [0.15, 0.2) is 27.8 Å². The van der Waals surface area contributed by atoms with Crippen molar-refractivity contribution in [1.82, 2.24) is 4.57 Å². The number of methoxy groups -OCH3 is 2. The standard InChI is InChI=1S/C29H31BrN2O7S/c1-7-37-20-11-10-17(12-23(20)38-8-2)13-24-27(33)32-26(18-14-21(35-5)22(36-6)15-19(18)30)25(28(34)39-9-3)16(4)31-29(32)40-24/h10-15,26H,7-9H2,1-6H3/b24-13-/t26-/m0/s1. The summed E-state index contributed by atoms with van der Waals surface area (Å²) in [5, 5.41) is 0. The molecule has 212 valence electrons. The van der Waals surface area contributed by atoms with Crippen LogP contribution in [0.3, 0.4) is 0 Å². The summed E-state index contributed by atoms with van der Waals surface area (Å²) in [5.74, 6) is 1.65. The second-order valence-corrected chi connectivity index (χ2v) is 10.5. The van der Waals surface area contributed by atoms with Crippen molar-refractivity contribution in [3.8, 4) is 23.0 Å². The van der Waals surface area contributed by atoms with E-state index in [1.54, 1.807) is 39.2 Å². The van der Waals surface area contributed by atoms with Crippen molar-refractivity contribution in [1.29, 1.82) is 0 Å². The molecule has 0 bridgehead atoms. The normalized spacial score (nSPS) is 14.9. The molecule has 11 heteroatoms. The third kappa shape index (κ3) is 5.66. The molecule has 4 rings (SSSR count). The first-order chi connectivity index (χ1) is 19.3. The minimum atomic E-state index is -0.814. The van der Waals surface area contributed by atoms with Gasteiger partial charge in [0.1, 0.15) is 0 Å². The molecule has 0 saturated carbocycles. The van der Waals surface area contributed by atoms with E-state index in [0.717, 1.165) is 5.56 Å². The molecule has 40 heavy (non-hydrogen) atoms. The molecule has 2 aromatic carbocycles. The van der Waals surface area contributed by atoms with Crippen LogP contribution in [0, 0.1) is 0 Å². The third-order valence-corrected chi connectivity index (χ3v) is 7.85. The summed E-state index contributed by atoms with van der Waals surface area (Å²) in [5.41, 5.74) is 1.84. The van der Waals surface area contributed by atoms with E-state index in [1.165, 1.54) is 23.0 Å². The van der Waals surface area contributed by atoms with Crippen LogP contribution in [0.25, 0.3) is 6.08 Å². The van der Waals surface area contributed by atoms with Crippen LogP contribution < -0.4 is 33.8 Å². The zero-order valence-electron chi connectivity index (χ0n) is 23.2. The molecule has 0 radical (unpaired) electrons. The van der Waals surface area contributed by atoms with Gasteiger partial charge in [0, 0.05) is 4.47 Å². The van der Waals surface area contributed by atoms with E-state index in [4.69, 9.17) is 23.7 Å². The van der Waals surface area contributed by atoms with Gasteiger partial charge in [-0.2, -0.15) is 0 Å². The number of ether oxygens (including phenoxy) is 5. The predicted molar refractivity (Wildman–Crippen MR) is 156 cm³/mol. The number of nitrogens with zero attached hydrogens (tertiary/aromatic N) is 2. The van der Waals surface area contributed by atoms with Crippen molar-refractivity contribution in [3.05, 3.63) is 76.9 Å². The third-order valence-electron chi connectivity index (χ3n) is 6.18. The molecule has 0 saturated heterocycles. The molecule has 1 aliphatic rings. The molecule has 0 unspecified atom stereocenters. The van der Waals surface area contributed by atoms with E-state index < -0.39 is 12.0 Å². The average Bonchev–Trinajstić information content (AvgIpc) is 3.23. The Bertz CT molecular complexity index is 1640. The number of thiazole rings is 1. The van der Waals surface area contributed by atoms with E-state index in [-0.39, 0.29) is 17.7 Å². The fourth-order valence-corrected chi connectivity index (χ4v) is 6.06. The van der Waals surface area contributed by atoms with Gasteiger partial charge in [0.2, 0.25) is 0 Å². The lowest BCUT2D eigenvalue weighted by atomic mass is 9.95. The van der Waals surface area contributed by atoms with Gasteiger partial charge < -0.3 is 23.7 Å². The number of halogens is 1. The molecule has 3 aromatic rings. The Hall–Kier alpha value is -3.57. The van der Waals surface area contributed by atoms with Crippen LogP contribution in [0.4, 0.5) is 0 Å². The van der Waals surface area contributed by atoms with Crippen molar-refractivity contribution in [2.75, 3.05) is 34.0 Å². The summed E-state index contributed by atoms with van der Waals surface area (Å²) in [4.78, 5) is 32.3. The molecular formula is C29H31BrN2O7S. The highest BCUT2D eigenvalue weighted by molar-refractivity contribution is 9.10. The number of hydrogen-bond acceptors (Lipinski definition) is 9. The number of benzene rings is 2. The summed E-state index contributed by atoms with van der Waals surface area (Å²) in [7, 11) is 3.07. The number of carbonyl (C=O) groups excluding carboxylic acids is 1. The van der Waals surface area contributed by atoms with Gasteiger partial charge in [0.05, 0.1) is 55.9 Å². The van der Waals surface area contributed by atoms with Crippen LogP contribution >= 0.6 is 27.3 Å². The average molecular weight is 632 g/mol. The molecule has 1 aliphatic heterocycles. The van der Waals surface area contributed by atoms with Crippen molar-refractivity contribution in [2.24, 2.45) is 4.99 Å². The van der Waals surface area contributed by atoms with Crippen LogP contribution in [0.1, 0.15) is 44.9 Å². The number of carbonyl (C=O) groups is 1. The highest BCUT2D eigenvalue weighted by atomic mass is 79.9. The largest absolute Gasteiger partial charge is 0.493 e. The molecule has 0 amide bonds. The molecule has 1 aromatic heterocycles. The van der Waals surface area contributed by atoms with E-state index in [1.807, 2.05) is 32.0 Å². The van der Waals surface area contributed by atoms with Crippen molar-refractivity contribution in [2.45, 2.75) is 33.7 Å². The number of esters is 1. The van der Waals surface area contributed by atoms with Gasteiger partial charge >= 0.3 is 5.97 Å². The molecule has 0 spiro atoms. The maximum atomic E-state index is 14.0. The van der Waals surface area contributed by atoms with Crippen molar-refractivity contribution in [3.63, 3.8) is 0 Å². The number of aromatic nitrogens is 1. The fourth-order valence-electron chi connectivity index (χ4n) is 4.47. The first kappa shape index (κ1) is 29.4. The summed E-state index contributed by atoms with van der Waals surface area (Å²) in [6.45, 7) is 8.44. The SMILES string of the molecule is CCOC(=O)C1=C(C)N=c2s/c(=C\c3ccc(OCC)c(OCC)c3)c(=O)n2[C@H]1c1cc(OC)c(OC)cc1Br. The van der Waals surface area contributed by atoms with Crippen molar-refractivity contribution < 1.29 is 28.5 Å². The molecule has 9 nitrogen and oxygen atoms in total. The number of rotatable bonds is 10. The zero-order valence-corrected chi connectivity index (χ0v) is 25.6. The lowest BCUT2D eigenvalue weighted by molar-refractivity contribution is -0.139. The lowest BCUT2D eigenvalue weighted by Crippen LogP contribution is -2.40. The second kappa shape index (κ2) is 12.7. The number of fused-ring (bicyclic) bond motifs is 1. The van der Waals surface area contributed by atoms with E-state index in [2.05, 4.69) is 20.9 Å². The maximum Gasteiger partial charge on any atom is 0.338 e. The predicted octanol–water partition coefficient (Wildman–Crippen LogP) is 4.38. The Morgan fingerprint density at radius 1 is 1.00 bits per heavy atom. The summed E-state index contributed by atoms with van der Waals surface area (Å²) in [6.07, 6.45) is 1.78. The minimum absolute atomic E-state index is 0.180. The topological polar surface area (TPSA) is 97.6 Å². The van der Waals surface area contributed by atoms with Gasteiger partial charge in [-0.3, -0.25) is 9.36 Å². The molecule has 0 fully saturated rings. The quantitative estimate of drug-likeness (QED) is 0.307. The maximum absolute atomic E-state index is 14.0. The summed E-state index contributed by atoms with van der Waals surface area (Å²) in [6, 6.07) is 8.21. The molecular weight excluding hydrogens is 600 g/mol. The molecule has 1 atom stereocenters. The van der Waals surface area contributed by atoms with E-state index in [9.17, 15) is 9.59 Å². The van der Waals surface area contributed by atoms with Crippen LogP contribution in [0.15, 0.2) is 55.9 Å². The lowest BCUT2D eigenvalue weighted by Gasteiger charge is -2.26. The van der Waals surface area contributed by atoms with Gasteiger partial charge in [-0.1, -0.05) is 33.3 Å². The molecule has 2 heterocycles. The van der Waals surface area contributed by atoms with Gasteiger partial charge in [0.25, 0.3) is 5.56 Å². The Kier molecular flexibility index (Phi) is 9.36. The second-order valence-electron chi connectivity index (χ2n) is 8.60. The van der Waals surface area contributed by atoms with Crippen LogP contribution in [-0.2, 0) is 9.53 Å². The zero-order chi connectivity index (χ0) is 29.0. The number of hydrogen-bond donors (Lipinski definition) is 0. The Morgan fingerprint density at radius 3 is 2.33 bits per heavy atom. The summed E-state index contributed by atoms with van der Waals surface area (Å²) >= 11 is 4.86. The summed E-state index contributed by atoms with van der Waals surface area (Å²) < 4.78 is 30.4. The van der Waals surface area contributed by atoms with Gasteiger partial charge in [-0.15, -0.1) is 0 Å². The first-order valence-corrected chi connectivity index (χ1v) is 14.4. The number of allylic oxidation sites excluding steroid dienone is 1. The first-order valence-electron chi connectivity index (χ1n) is 12.8. The Morgan fingerprint density at radius 2 is 1.68 bits per heavy atom. The van der Waals surface area contributed by atoms with Crippen molar-refractivity contribution >= 4 is 39.3 Å². The van der Waals surface area contributed by atoms with E-state index in [0.29, 0.717) is 61.3 Å². The molecule has 0 aliphatic carbocycles. The van der Waals surface area contributed by atoms with E-state index >= 15 is 0 Å². The van der Waals surface area contributed by atoms with Gasteiger partial charge in [-0.25, -0.2) is 9.79 Å². The minimum Gasteiger partial charge on any atom is -0.493 e. The highest BCUT2D eigenvalue weighted by Gasteiger charge is 2.35. The van der Waals surface area contributed by atoms with Crippen LogP contribution in [0.2, 0.25) is 0 Å². The van der Waals surface area contributed by atoms with Crippen LogP contribution in [0.5, 0.6) is 23.0 Å². The highest BCUT2D eigenvalue weighted by Crippen LogP contribution is 2.40. The van der Waals surface area contributed by atoms with Crippen LogP contribution in [-0.4, -0.2) is 44.6 Å². The molecule has 0 N–H and O–H groups in total. The fraction of sp³-hybridized carbons (Fsp3) is 0.345. The Balaban J connectivity index is 1.95. The monoisotopic (exact) mass is 630 g/mol. The van der Waals surface area contributed by atoms with Gasteiger partial charge in [-0.05, 0) is 69.2 Å². The Labute approximate surface area is 244 Å². The smallest absolute Gasteiger partial charge is 0.338 e.